The van der Waals surface area contributed by atoms with Crippen LogP contribution in [-0.2, 0) is 4.79 Å². The predicted octanol–water partition coefficient (Wildman–Crippen LogP) is 4.32. The lowest BCUT2D eigenvalue weighted by Crippen LogP contribution is -2.38. The Balaban J connectivity index is 1.55. The summed E-state index contributed by atoms with van der Waals surface area (Å²) in [5.41, 5.74) is 0.978. The number of furan rings is 1. The molecule has 0 aliphatic carbocycles. The lowest BCUT2D eigenvalue weighted by atomic mass is 9.99. The quantitative estimate of drug-likeness (QED) is 0.702. The summed E-state index contributed by atoms with van der Waals surface area (Å²) in [4.78, 5) is 27.4. The molecule has 6 nitrogen and oxygen atoms in total. The minimum atomic E-state index is -0.346. The van der Waals surface area contributed by atoms with Crippen molar-refractivity contribution in [3.05, 3.63) is 60.4 Å². The SMILES string of the molecule is CC1CCN(C(=O)c2oc3ccccc3c2NC(=O)COc2ccccc2)CC1. The third-order valence-corrected chi connectivity index (χ3v) is 5.24. The van der Waals surface area contributed by atoms with E-state index in [1.54, 1.807) is 23.1 Å². The van der Waals surface area contributed by atoms with Gasteiger partial charge in [0, 0.05) is 18.5 Å². The maximum atomic E-state index is 13.1. The zero-order chi connectivity index (χ0) is 20.2. The normalized spacial score (nSPS) is 14.7. The van der Waals surface area contributed by atoms with E-state index in [1.165, 1.54) is 0 Å². The van der Waals surface area contributed by atoms with E-state index in [9.17, 15) is 9.59 Å². The van der Waals surface area contributed by atoms with Crippen molar-refractivity contribution in [1.82, 2.24) is 4.90 Å². The van der Waals surface area contributed by atoms with Gasteiger partial charge >= 0.3 is 0 Å². The number of nitrogens with one attached hydrogen (secondary N) is 1. The molecule has 6 heteroatoms. The van der Waals surface area contributed by atoms with Crippen LogP contribution in [0.4, 0.5) is 5.69 Å². The van der Waals surface area contributed by atoms with Crippen LogP contribution in [0.25, 0.3) is 11.0 Å². The van der Waals surface area contributed by atoms with Gasteiger partial charge in [0.2, 0.25) is 5.76 Å². The van der Waals surface area contributed by atoms with E-state index in [0.717, 1.165) is 12.8 Å². The number of benzene rings is 2. The minimum Gasteiger partial charge on any atom is -0.484 e. The molecule has 2 heterocycles. The van der Waals surface area contributed by atoms with Gasteiger partial charge in [-0.2, -0.15) is 0 Å². The fraction of sp³-hybridized carbons (Fsp3) is 0.304. The standard InChI is InChI=1S/C23H24N2O4/c1-16-11-13-25(14-12-16)23(27)22-21(18-9-5-6-10-19(18)29-22)24-20(26)15-28-17-7-3-2-4-8-17/h2-10,16H,11-15H2,1H3,(H,24,26). The van der Waals surface area contributed by atoms with Crippen LogP contribution in [0.3, 0.4) is 0 Å². The van der Waals surface area contributed by atoms with Gasteiger partial charge in [-0.25, -0.2) is 0 Å². The first-order chi connectivity index (χ1) is 14.1. The number of ether oxygens (including phenoxy) is 1. The Bertz CT molecular complexity index is 1000. The maximum Gasteiger partial charge on any atom is 0.291 e. The number of amides is 2. The number of nitrogens with zero attached hydrogens (tertiary/aromatic N) is 1. The minimum absolute atomic E-state index is 0.154. The molecule has 4 rings (SSSR count). The van der Waals surface area contributed by atoms with Gasteiger partial charge in [0.1, 0.15) is 17.0 Å². The molecule has 1 aliphatic heterocycles. The van der Waals surface area contributed by atoms with Crippen LogP contribution in [0.1, 0.15) is 30.3 Å². The Hall–Kier alpha value is -3.28. The van der Waals surface area contributed by atoms with Crippen molar-refractivity contribution < 1.29 is 18.7 Å². The molecule has 150 valence electrons. The average Bonchev–Trinajstić information content (AvgIpc) is 3.11. The van der Waals surface area contributed by atoms with Crippen LogP contribution in [0.2, 0.25) is 0 Å². The zero-order valence-electron chi connectivity index (χ0n) is 16.4. The van der Waals surface area contributed by atoms with Crippen molar-refractivity contribution in [3.8, 4) is 5.75 Å². The first-order valence-corrected chi connectivity index (χ1v) is 9.90. The molecule has 1 N–H and O–H groups in total. The summed E-state index contributed by atoms with van der Waals surface area (Å²) in [5, 5.41) is 3.53. The Labute approximate surface area is 169 Å². The number of fused-ring (bicyclic) bond motifs is 1. The molecule has 1 aliphatic rings. The van der Waals surface area contributed by atoms with Gasteiger partial charge in [-0.3, -0.25) is 9.59 Å². The Morgan fingerprint density at radius 2 is 1.76 bits per heavy atom. The monoisotopic (exact) mass is 392 g/mol. The van der Waals surface area contributed by atoms with Crippen molar-refractivity contribution in [1.29, 1.82) is 0 Å². The summed E-state index contributed by atoms with van der Waals surface area (Å²) >= 11 is 0. The third-order valence-electron chi connectivity index (χ3n) is 5.24. The molecule has 0 atom stereocenters. The summed E-state index contributed by atoms with van der Waals surface area (Å²) in [7, 11) is 0. The number of piperidine rings is 1. The second-order valence-corrected chi connectivity index (χ2v) is 7.43. The fourth-order valence-electron chi connectivity index (χ4n) is 3.52. The lowest BCUT2D eigenvalue weighted by Gasteiger charge is -2.29. The van der Waals surface area contributed by atoms with Crippen LogP contribution >= 0.6 is 0 Å². The molecule has 1 aromatic heterocycles. The van der Waals surface area contributed by atoms with Crippen molar-refractivity contribution in [2.75, 3.05) is 25.0 Å². The fourth-order valence-corrected chi connectivity index (χ4v) is 3.52. The number of hydrogen-bond donors (Lipinski definition) is 1. The van der Waals surface area contributed by atoms with E-state index >= 15 is 0 Å². The Morgan fingerprint density at radius 1 is 1.07 bits per heavy atom. The van der Waals surface area contributed by atoms with Crippen LogP contribution < -0.4 is 10.1 Å². The van der Waals surface area contributed by atoms with Crippen LogP contribution in [0.15, 0.2) is 59.0 Å². The Morgan fingerprint density at radius 3 is 2.52 bits per heavy atom. The first-order valence-electron chi connectivity index (χ1n) is 9.90. The maximum absolute atomic E-state index is 13.1. The number of hydrogen-bond acceptors (Lipinski definition) is 4. The van der Waals surface area contributed by atoms with E-state index in [4.69, 9.17) is 9.15 Å². The molecule has 2 amide bonds. The van der Waals surface area contributed by atoms with Gasteiger partial charge in [0.15, 0.2) is 6.61 Å². The van der Waals surface area contributed by atoms with Gasteiger partial charge < -0.3 is 19.4 Å². The number of likely N-dealkylation sites (tertiary alicyclic amines) is 1. The smallest absolute Gasteiger partial charge is 0.291 e. The highest BCUT2D eigenvalue weighted by Crippen LogP contribution is 2.32. The predicted molar refractivity (Wildman–Crippen MR) is 111 cm³/mol. The van der Waals surface area contributed by atoms with Crippen molar-refractivity contribution in [2.24, 2.45) is 5.92 Å². The highest BCUT2D eigenvalue weighted by atomic mass is 16.5. The third kappa shape index (κ3) is 4.26. The lowest BCUT2D eigenvalue weighted by molar-refractivity contribution is -0.118. The van der Waals surface area contributed by atoms with Crippen LogP contribution in [0.5, 0.6) is 5.75 Å². The highest BCUT2D eigenvalue weighted by Gasteiger charge is 2.28. The summed E-state index contributed by atoms with van der Waals surface area (Å²) in [6, 6.07) is 16.4. The average molecular weight is 392 g/mol. The number of anilines is 1. The molecule has 3 aromatic rings. The summed E-state index contributed by atoms with van der Waals surface area (Å²) in [5.74, 6) is 0.866. The van der Waals surface area contributed by atoms with E-state index in [2.05, 4.69) is 12.2 Å². The molecule has 0 radical (unpaired) electrons. The molecule has 0 bridgehead atoms. The molecular weight excluding hydrogens is 368 g/mol. The summed E-state index contributed by atoms with van der Waals surface area (Å²) in [6.07, 6.45) is 1.94. The molecule has 1 fully saturated rings. The topological polar surface area (TPSA) is 71.8 Å². The Kier molecular flexibility index (Phi) is 5.51. The van der Waals surface area contributed by atoms with Gasteiger partial charge in [-0.05, 0) is 43.0 Å². The summed E-state index contributed by atoms with van der Waals surface area (Å²) < 4.78 is 11.4. The molecule has 0 spiro atoms. The van der Waals surface area contributed by atoms with Gasteiger partial charge in [-0.15, -0.1) is 0 Å². The summed E-state index contributed by atoms with van der Waals surface area (Å²) in [6.45, 7) is 3.43. The van der Waals surface area contributed by atoms with Crippen molar-refractivity contribution in [2.45, 2.75) is 19.8 Å². The van der Waals surface area contributed by atoms with E-state index in [0.29, 0.717) is 41.4 Å². The van der Waals surface area contributed by atoms with E-state index < -0.39 is 0 Å². The molecule has 29 heavy (non-hydrogen) atoms. The molecule has 0 saturated carbocycles. The number of carbonyl (C=O) groups is 2. The zero-order valence-corrected chi connectivity index (χ0v) is 16.4. The van der Waals surface area contributed by atoms with Crippen LogP contribution in [0, 0.1) is 5.92 Å². The second-order valence-electron chi connectivity index (χ2n) is 7.43. The van der Waals surface area contributed by atoms with Crippen LogP contribution in [-0.4, -0.2) is 36.4 Å². The van der Waals surface area contributed by atoms with Crippen molar-refractivity contribution >= 4 is 28.5 Å². The van der Waals surface area contributed by atoms with Gasteiger partial charge in [0.05, 0.1) is 0 Å². The molecular formula is C23H24N2O4. The molecule has 2 aromatic carbocycles. The highest BCUT2D eigenvalue weighted by molar-refractivity contribution is 6.11. The van der Waals surface area contributed by atoms with Crippen molar-refractivity contribution in [3.63, 3.8) is 0 Å². The largest absolute Gasteiger partial charge is 0.484 e. The number of carbonyl (C=O) groups excluding carboxylic acids is 2. The van der Waals surface area contributed by atoms with Gasteiger partial charge in [0.25, 0.3) is 11.8 Å². The number of para-hydroxylation sites is 2. The first kappa shape index (κ1) is 19.1. The second kappa shape index (κ2) is 8.39. The van der Waals surface area contributed by atoms with E-state index in [1.807, 2.05) is 36.4 Å². The molecule has 1 saturated heterocycles. The van der Waals surface area contributed by atoms with E-state index in [-0.39, 0.29) is 24.2 Å². The molecule has 0 unspecified atom stereocenters. The number of rotatable bonds is 5. The van der Waals surface area contributed by atoms with Gasteiger partial charge in [-0.1, -0.05) is 37.3 Å².